The summed E-state index contributed by atoms with van der Waals surface area (Å²) in [7, 11) is 0. The number of carboxylic acids is 1. The average Bonchev–Trinajstić information content (AvgIpc) is 2.74. The van der Waals surface area contributed by atoms with Crippen molar-refractivity contribution < 1.29 is 19.5 Å². The molecule has 1 unspecified atom stereocenters. The number of nitrogens with zero attached hydrogens (tertiary/aromatic N) is 1. The van der Waals surface area contributed by atoms with Crippen LogP contribution in [0.5, 0.6) is 0 Å². The Labute approximate surface area is 195 Å². The lowest BCUT2D eigenvalue weighted by atomic mass is 9.88. The van der Waals surface area contributed by atoms with Crippen LogP contribution in [0.15, 0.2) is 48.4 Å². The number of anilines is 1. The van der Waals surface area contributed by atoms with Gasteiger partial charge in [0.2, 0.25) is 0 Å². The Morgan fingerprint density at radius 3 is 2.34 bits per heavy atom. The molecule has 9 heteroatoms. The summed E-state index contributed by atoms with van der Waals surface area (Å²) in [6.45, 7) is 1.91. The molecule has 0 saturated carbocycles. The van der Waals surface area contributed by atoms with Gasteiger partial charge in [-0.15, -0.1) is 0 Å². The van der Waals surface area contributed by atoms with E-state index in [-0.39, 0.29) is 27.3 Å². The first kappa shape index (κ1) is 23.8. The molecule has 1 aliphatic carbocycles. The fraction of sp³-hybridized carbons (Fsp3) is 0.304. The second-order valence-corrected chi connectivity index (χ2v) is 8.33. The molecule has 1 heterocycles. The van der Waals surface area contributed by atoms with Gasteiger partial charge in [0.15, 0.2) is 5.78 Å². The largest absolute Gasteiger partial charge is 0.480 e. The molecule has 1 aliphatic rings. The summed E-state index contributed by atoms with van der Waals surface area (Å²) in [5, 5.41) is 15.9. The summed E-state index contributed by atoms with van der Waals surface area (Å²) in [5.74, 6) is -1.79. The van der Waals surface area contributed by atoms with Crippen molar-refractivity contribution in [3.8, 4) is 0 Å². The first-order chi connectivity index (χ1) is 15.3. The molecule has 1 aromatic carbocycles. The van der Waals surface area contributed by atoms with Gasteiger partial charge in [-0.1, -0.05) is 42.3 Å². The number of rotatable bonds is 8. The number of hydrogen-bond donors (Lipinski definition) is 3. The molecule has 1 aromatic heterocycles. The lowest BCUT2D eigenvalue weighted by molar-refractivity contribution is -0.140. The molecule has 168 valence electrons. The lowest BCUT2D eigenvalue weighted by Crippen LogP contribution is -2.41. The number of aliphatic carboxylic acids is 1. The molecular weight excluding hydrogens is 453 g/mol. The van der Waals surface area contributed by atoms with Crippen molar-refractivity contribution in [1.29, 1.82) is 0 Å². The van der Waals surface area contributed by atoms with Crippen LogP contribution in [0.2, 0.25) is 10.0 Å². The van der Waals surface area contributed by atoms with Crippen molar-refractivity contribution in [2.45, 2.75) is 44.6 Å². The number of hydrogen-bond acceptors (Lipinski definition) is 5. The number of nitrogens with one attached hydrogen (secondary N) is 2. The van der Waals surface area contributed by atoms with Crippen LogP contribution in [-0.2, 0) is 9.59 Å². The highest BCUT2D eigenvalue weighted by Gasteiger charge is 2.29. The van der Waals surface area contributed by atoms with Gasteiger partial charge in [0, 0.05) is 42.2 Å². The van der Waals surface area contributed by atoms with E-state index >= 15 is 0 Å². The van der Waals surface area contributed by atoms with E-state index < -0.39 is 17.9 Å². The Balaban J connectivity index is 1.77. The zero-order chi connectivity index (χ0) is 23.3. The summed E-state index contributed by atoms with van der Waals surface area (Å²) in [6.07, 6.45) is 6.59. The van der Waals surface area contributed by atoms with Crippen molar-refractivity contribution in [3.05, 3.63) is 69.6 Å². The Kier molecular flexibility index (Phi) is 7.88. The second kappa shape index (κ2) is 10.6. The number of aromatic nitrogens is 1. The number of halogens is 2. The van der Waals surface area contributed by atoms with Gasteiger partial charge in [0.1, 0.15) is 6.04 Å². The fourth-order valence-electron chi connectivity index (χ4n) is 3.74. The van der Waals surface area contributed by atoms with E-state index in [1.165, 1.54) is 18.5 Å². The zero-order valence-corrected chi connectivity index (χ0v) is 18.9. The molecule has 0 fully saturated rings. The minimum Gasteiger partial charge on any atom is -0.480 e. The third-order valence-electron chi connectivity index (χ3n) is 5.33. The molecule has 3 rings (SSSR count). The summed E-state index contributed by atoms with van der Waals surface area (Å²) in [5.41, 5.74) is 2.09. The predicted molar refractivity (Wildman–Crippen MR) is 123 cm³/mol. The van der Waals surface area contributed by atoms with Crippen LogP contribution < -0.4 is 10.6 Å². The van der Waals surface area contributed by atoms with Gasteiger partial charge in [-0.05, 0) is 37.0 Å². The normalized spacial score (nSPS) is 15.5. The molecule has 2 atom stereocenters. The number of carboxylic acid groups (broad SMARTS) is 1. The first-order valence-corrected chi connectivity index (χ1v) is 11.0. The third-order valence-corrected chi connectivity index (χ3v) is 5.90. The summed E-state index contributed by atoms with van der Waals surface area (Å²) >= 11 is 12.1. The number of ketones is 1. The number of carbonyl (C=O) groups excluding carboxylic acids is 2. The molecule has 3 N–H and O–H groups in total. The van der Waals surface area contributed by atoms with E-state index in [1.807, 2.05) is 6.92 Å². The van der Waals surface area contributed by atoms with Crippen LogP contribution >= 0.6 is 23.2 Å². The van der Waals surface area contributed by atoms with Gasteiger partial charge in [-0.25, -0.2) is 4.79 Å². The first-order valence-electron chi connectivity index (χ1n) is 10.2. The van der Waals surface area contributed by atoms with Gasteiger partial charge < -0.3 is 15.7 Å². The van der Waals surface area contributed by atoms with Crippen molar-refractivity contribution in [3.63, 3.8) is 0 Å². The molecule has 0 saturated heterocycles. The Bertz CT molecular complexity index is 1030. The monoisotopic (exact) mass is 475 g/mol. The highest BCUT2D eigenvalue weighted by atomic mass is 35.5. The standard InChI is InChI=1S/C23H23Cl2N3O4/c1-2-17(21(23(31)32)27-15-4-3-5-16(29)10-15)13-6-8-14(9-7-13)28-22(30)20-18(24)11-26-12-19(20)25/h6-12,17,21,27H,2-5H2,1H3,(H,28,30)(H,31,32)/t17?,21-/m0/s1. The molecule has 0 bridgehead atoms. The van der Waals surface area contributed by atoms with E-state index in [4.69, 9.17) is 23.2 Å². The third kappa shape index (κ3) is 5.66. The van der Waals surface area contributed by atoms with Gasteiger partial charge in [-0.3, -0.25) is 14.6 Å². The van der Waals surface area contributed by atoms with Crippen LogP contribution in [0.25, 0.3) is 0 Å². The van der Waals surface area contributed by atoms with Crippen LogP contribution in [-0.4, -0.2) is 33.8 Å². The van der Waals surface area contributed by atoms with Gasteiger partial charge in [0.25, 0.3) is 5.91 Å². The summed E-state index contributed by atoms with van der Waals surface area (Å²) < 4.78 is 0. The Hall–Kier alpha value is -2.90. The van der Waals surface area contributed by atoms with E-state index in [1.54, 1.807) is 24.3 Å². The van der Waals surface area contributed by atoms with Crippen LogP contribution in [0, 0.1) is 0 Å². The molecule has 0 spiro atoms. The lowest BCUT2D eigenvalue weighted by Gasteiger charge is -2.27. The number of pyridine rings is 1. The number of benzene rings is 1. The predicted octanol–water partition coefficient (Wildman–Crippen LogP) is 4.81. The minimum atomic E-state index is -0.991. The molecule has 0 radical (unpaired) electrons. The van der Waals surface area contributed by atoms with Crippen LogP contribution in [0.3, 0.4) is 0 Å². The second-order valence-electron chi connectivity index (χ2n) is 7.52. The quantitative estimate of drug-likeness (QED) is 0.505. The maximum atomic E-state index is 12.5. The Morgan fingerprint density at radius 2 is 1.78 bits per heavy atom. The molecule has 1 amide bonds. The molecule has 7 nitrogen and oxygen atoms in total. The topological polar surface area (TPSA) is 108 Å². The highest BCUT2D eigenvalue weighted by molar-refractivity contribution is 6.40. The molecule has 0 aliphatic heterocycles. The maximum Gasteiger partial charge on any atom is 0.326 e. The van der Waals surface area contributed by atoms with E-state index in [2.05, 4.69) is 15.6 Å². The molecule has 2 aromatic rings. The smallest absolute Gasteiger partial charge is 0.326 e. The van der Waals surface area contributed by atoms with Crippen LogP contribution in [0.1, 0.15) is 54.4 Å². The van der Waals surface area contributed by atoms with Crippen molar-refractivity contribution in [2.24, 2.45) is 0 Å². The summed E-state index contributed by atoms with van der Waals surface area (Å²) in [4.78, 5) is 40.1. The Morgan fingerprint density at radius 1 is 1.12 bits per heavy atom. The minimum absolute atomic E-state index is 0.00503. The van der Waals surface area contributed by atoms with Crippen LogP contribution in [0.4, 0.5) is 5.69 Å². The fourth-order valence-corrected chi connectivity index (χ4v) is 4.28. The molecular formula is C23H23Cl2N3O4. The zero-order valence-electron chi connectivity index (χ0n) is 17.4. The van der Waals surface area contributed by atoms with Crippen molar-refractivity contribution in [1.82, 2.24) is 10.3 Å². The van der Waals surface area contributed by atoms with E-state index in [9.17, 15) is 19.5 Å². The van der Waals surface area contributed by atoms with Gasteiger partial charge in [0.05, 0.1) is 15.6 Å². The van der Waals surface area contributed by atoms with Gasteiger partial charge in [-0.2, -0.15) is 0 Å². The SMILES string of the molecule is CCC(c1ccc(NC(=O)c2c(Cl)cncc2Cl)cc1)[C@H](NC1=CC(=O)CCC1)C(=O)O. The van der Waals surface area contributed by atoms with Gasteiger partial charge >= 0.3 is 5.97 Å². The average molecular weight is 476 g/mol. The highest BCUT2D eigenvalue weighted by Crippen LogP contribution is 2.28. The molecule has 32 heavy (non-hydrogen) atoms. The van der Waals surface area contributed by atoms with E-state index in [0.29, 0.717) is 37.1 Å². The maximum absolute atomic E-state index is 12.5. The van der Waals surface area contributed by atoms with E-state index in [0.717, 1.165) is 5.56 Å². The number of allylic oxidation sites excluding steroid dienone is 2. The van der Waals surface area contributed by atoms with Crippen molar-refractivity contribution >= 4 is 46.5 Å². The summed E-state index contributed by atoms with van der Waals surface area (Å²) in [6, 6.07) is 6.06. The number of amides is 1. The van der Waals surface area contributed by atoms with Crippen molar-refractivity contribution in [2.75, 3.05) is 5.32 Å². The number of carbonyl (C=O) groups is 3.